The van der Waals surface area contributed by atoms with Crippen molar-refractivity contribution < 1.29 is 9.84 Å². The van der Waals surface area contributed by atoms with E-state index in [1.165, 1.54) is 6.07 Å². The zero-order valence-electron chi connectivity index (χ0n) is 13.8. The van der Waals surface area contributed by atoms with Crippen molar-refractivity contribution in [3.8, 4) is 17.7 Å². The van der Waals surface area contributed by atoms with Crippen LogP contribution in [-0.2, 0) is 6.61 Å². The number of nitriles is 1. The predicted molar refractivity (Wildman–Crippen MR) is 86.6 cm³/mol. The van der Waals surface area contributed by atoms with Crippen LogP contribution >= 0.6 is 0 Å². The highest BCUT2D eigenvalue weighted by molar-refractivity contribution is 5.39. The second kappa shape index (κ2) is 11.1. The SMILES string of the molecule is CC.CC.Cc1ccc(OCc2cc(O)cc(C#N)c2)nn1. The lowest BCUT2D eigenvalue weighted by atomic mass is 10.1. The van der Waals surface area contributed by atoms with Gasteiger partial charge in [0.2, 0.25) is 5.88 Å². The summed E-state index contributed by atoms with van der Waals surface area (Å²) in [5.74, 6) is 0.449. The molecule has 0 aliphatic heterocycles. The van der Waals surface area contributed by atoms with Crippen molar-refractivity contribution in [2.24, 2.45) is 0 Å². The van der Waals surface area contributed by atoms with Gasteiger partial charge >= 0.3 is 0 Å². The molecule has 5 nitrogen and oxygen atoms in total. The van der Waals surface area contributed by atoms with E-state index in [9.17, 15) is 5.11 Å². The van der Waals surface area contributed by atoms with Gasteiger partial charge in [0.1, 0.15) is 12.4 Å². The van der Waals surface area contributed by atoms with Crippen LogP contribution < -0.4 is 4.74 Å². The molecule has 0 saturated heterocycles. The highest BCUT2D eigenvalue weighted by Crippen LogP contribution is 2.16. The molecule has 1 heterocycles. The summed E-state index contributed by atoms with van der Waals surface area (Å²) in [6.07, 6.45) is 0. The number of aromatic nitrogens is 2. The van der Waals surface area contributed by atoms with Gasteiger partial charge in [-0.1, -0.05) is 27.7 Å². The maximum atomic E-state index is 9.42. The Morgan fingerprint density at radius 3 is 2.32 bits per heavy atom. The lowest BCUT2D eigenvalue weighted by molar-refractivity contribution is 0.289. The summed E-state index contributed by atoms with van der Waals surface area (Å²) in [5.41, 5.74) is 1.91. The van der Waals surface area contributed by atoms with Crippen molar-refractivity contribution in [3.05, 3.63) is 47.2 Å². The van der Waals surface area contributed by atoms with Crippen LogP contribution in [0.2, 0.25) is 0 Å². The third-order valence-corrected chi connectivity index (χ3v) is 2.27. The Morgan fingerprint density at radius 2 is 1.77 bits per heavy atom. The van der Waals surface area contributed by atoms with E-state index in [1.54, 1.807) is 24.3 Å². The minimum atomic E-state index is 0.0441. The largest absolute Gasteiger partial charge is 0.508 e. The van der Waals surface area contributed by atoms with Crippen molar-refractivity contribution in [2.45, 2.75) is 41.2 Å². The zero-order valence-corrected chi connectivity index (χ0v) is 13.8. The highest BCUT2D eigenvalue weighted by Gasteiger charge is 2.02. The van der Waals surface area contributed by atoms with Crippen LogP contribution in [0.3, 0.4) is 0 Å². The maximum Gasteiger partial charge on any atom is 0.233 e. The third-order valence-electron chi connectivity index (χ3n) is 2.27. The average Bonchev–Trinajstić information content (AvgIpc) is 2.57. The van der Waals surface area contributed by atoms with E-state index in [4.69, 9.17) is 10.00 Å². The highest BCUT2D eigenvalue weighted by atomic mass is 16.5. The fourth-order valence-electron chi connectivity index (χ4n) is 1.44. The number of benzene rings is 1. The number of hydrogen-bond acceptors (Lipinski definition) is 5. The molecular formula is C17H23N3O2. The van der Waals surface area contributed by atoms with Gasteiger partial charge < -0.3 is 9.84 Å². The van der Waals surface area contributed by atoms with Crippen molar-refractivity contribution in [1.29, 1.82) is 5.26 Å². The molecule has 1 aromatic heterocycles. The van der Waals surface area contributed by atoms with Crippen LogP contribution in [0, 0.1) is 18.3 Å². The number of aromatic hydroxyl groups is 1. The molecule has 0 atom stereocenters. The molecule has 0 unspecified atom stereocenters. The molecule has 0 amide bonds. The molecule has 22 heavy (non-hydrogen) atoms. The Hall–Kier alpha value is -2.61. The number of aryl methyl sites for hydroxylation is 1. The average molecular weight is 301 g/mol. The second-order valence-corrected chi connectivity index (χ2v) is 3.80. The number of hydrogen-bond donors (Lipinski definition) is 1. The molecule has 2 rings (SSSR count). The quantitative estimate of drug-likeness (QED) is 0.927. The molecular weight excluding hydrogens is 278 g/mol. The maximum absolute atomic E-state index is 9.42. The smallest absolute Gasteiger partial charge is 0.233 e. The number of phenolic OH excluding ortho intramolecular Hbond substituents is 1. The van der Waals surface area contributed by atoms with Gasteiger partial charge in [-0.05, 0) is 36.8 Å². The molecule has 118 valence electrons. The molecule has 2 aromatic rings. The zero-order chi connectivity index (χ0) is 17.0. The van der Waals surface area contributed by atoms with Gasteiger partial charge in [-0.3, -0.25) is 0 Å². The number of nitrogens with zero attached hydrogens (tertiary/aromatic N) is 3. The molecule has 0 bridgehead atoms. The van der Waals surface area contributed by atoms with Crippen LogP contribution in [0.25, 0.3) is 0 Å². The molecule has 1 N–H and O–H groups in total. The van der Waals surface area contributed by atoms with Gasteiger partial charge in [-0.2, -0.15) is 10.4 Å². The first-order valence-electron chi connectivity index (χ1n) is 7.33. The number of rotatable bonds is 3. The summed E-state index contributed by atoms with van der Waals surface area (Å²) >= 11 is 0. The molecule has 1 aromatic carbocycles. The van der Waals surface area contributed by atoms with E-state index >= 15 is 0 Å². The second-order valence-electron chi connectivity index (χ2n) is 3.80. The number of ether oxygens (including phenoxy) is 1. The summed E-state index contributed by atoms with van der Waals surface area (Å²) in [5, 5.41) is 25.9. The summed E-state index contributed by atoms with van der Waals surface area (Å²) < 4.78 is 5.41. The minimum Gasteiger partial charge on any atom is -0.508 e. The van der Waals surface area contributed by atoms with E-state index in [1.807, 2.05) is 40.7 Å². The fourth-order valence-corrected chi connectivity index (χ4v) is 1.44. The summed E-state index contributed by atoms with van der Waals surface area (Å²) in [6.45, 7) is 10.1. The van der Waals surface area contributed by atoms with Gasteiger partial charge in [0.15, 0.2) is 0 Å². The van der Waals surface area contributed by atoms with E-state index < -0.39 is 0 Å². The van der Waals surface area contributed by atoms with Crippen molar-refractivity contribution in [2.75, 3.05) is 0 Å². The minimum absolute atomic E-state index is 0.0441. The first kappa shape index (κ1) is 19.4. The molecule has 0 spiro atoms. The molecule has 5 heteroatoms. The Kier molecular flexibility index (Phi) is 9.78. The van der Waals surface area contributed by atoms with E-state index in [2.05, 4.69) is 10.2 Å². The van der Waals surface area contributed by atoms with E-state index in [0.717, 1.165) is 5.69 Å². The lowest BCUT2D eigenvalue weighted by Gasteiger charge is -2.05. The van der Waals surface area contributed by atoms with Crippen LogP contribution in [0.5, 0.6) is 11.6 Å². The van der Waals surface area contributed by atoms with Gasteiger partial charge in [0.05, 0.1) is 17.3 Å². The van der Waals surface area contributed by atoms with E-state index in [-0.39, 0.29) is 12.4 Å². The first-order chi connectivity index (χ1) is 10.7. The molecule has 0 fully saturated rings. The Morgan fingerprint density at radius 1 is 1.09 bits per heavy atom. The summed E-state index contributed by atoms with van der Waals surface area (Å²) in [4.78, 5) is 0. The van der Waals surface area contributed by atoms with E-state index in [0.29, 0.717) is 17.0 Å². The van der Waals surface area contributed by atoms with Gasteiger partial charge in [-0.15, -0.1) is 5.10 Å². The molecule has 0 aliphatic rings. The monoisotopic (exact) mass is 301 g/mol. The van der Waals surface area contributed by atoms with Gasteiger partial charge in [0, 0.05) is 6.07 Å². The molecule has 0 radical (unpaired) electrons. The van der Waals surface area contributed by atoms with Crippen LogP contribution in [0.1, 0.15) is 44.5 Å². The van der Waals surface area contributed by atoms with Crippen LogP contribution in [-0.4, -0.2) is 15.3 Å². The van der Waals surface area contributed by atoms with Crippen molar-refractivity contribution >= 4 is 0 Å². The normalized spacial score (nSPS) is 8.55. The standard InChI is InChI=1S/C13H11N3O2.2C2H6/c1-9-2-3-13(16-15-9)18-8-11-4-10(7-14)5-12(17)6-11;2*1-2/h2-6,17H,8H2,1H3;2*1-2H3. The predicted octanol–water partition coefficient (Wildman–Crippen LogP) is 3.99. The van der Waals surface area contributed by atoms with Gasteiger partial charge in [-0.25, -0.2) is 0 Å². The molecule has 0 aliphatic carbocycles. The van der Waals surface area contributed by atoms with Crippen LogP contribution in [0.4, 0.5) is 0 Å². The Bertz CT molecular complexity index is 590. The third kappa shape index (κ3) is 6.71. The Balaban J connectivity index is 0.00000102. The molecule has 0 saturated carbocycles. The lowest BCUT2D eigenvalue weighted by Crippen LogP contribution is -1.99. The van der Waals surface area contributed by atoms with Crippen LogP contribution in [0.15, 0.2) is 30.3 Å². The van der Waals surface area contributed by atoms with Crippen molar-refractivity contribution in [1.82, 2.24) is 10.2 Å². The first-order valence-corrected chi connectivity index (χ1v) is 7.33. The Labute approximate surface area is 132 Å². The number of phenols is 1. The fraction of sp³-hybridized carbons (Fsp3) is 0.353. The summed E-state index contributed by atoms with van der Waals surface area (Å²) in [6, 6.07) is 10.1. The van der Waals surface area contributed by atoms with Crippen molar-refractivity contribution in [3.63, 3.8) is 0 Å². The van der Waals surface area contributed by atoms with Gasteiger partial charge in [0.25, 0.3) is 0 Å². The topological polar surface area (TPSA) is 79.0 Å². The summed E-state index contributed by atoms with van der Waals surface area (Å²) in [7, 11) is 0.